The van der Waals surface area contributed by atoms with Crippen LogP contribution in [-0.4, -0.2) is 50.9 Å². The molecule has 0 bridgehead atoms. The molecule has 0 aliphatic heterocycles. The van der Waals surface area contributed by atoms with Gasteiger partial charge in [0.25, 0.3) is 10.0 Å². The molecule has 0 saturated carbocycles. The Balaban J connectivity index is 2.02. The molecule has 3 aromatic carbocycles. The van der Waals surface area contributed by atoms with Crippen molar-refractivity contribution in [3.8, 4) is 5.75 Å². The maximum Gasteiger partial charge on any atom is 0.264 e. The van der Waals surface area contributed by atoms with E-state index in [1.165, 1.54) is 24.1 Å². The fourth-order valence-corrected chi connectivity index (χ4v) is 5.62. The number of methoxy groups -OCH3 is 1. The summed E-state index contributed by atoms with van der Waals surface area (Å²) in [4.78, 5) is 28.5. The van der Waals surface area contributed by atoms with Crippen molar-refractivity contribution in [1.29, 1.82) is 0 Å². The zero-order chi connectivity index (χ0) is 29.4. The molecule has 0 aliphatic rings. The van der Waals surface area contributed by atoms with Crippen molar-refractivity contribution in [2.75, 3.05) is 18.0 Å². The Bertz CT molecular complexity index is 1410. The topological polar surface area (TPSA) is 96.0 Å². The molecule has 3 aromatic rings. The summed E-state index contributed by atoms with van der Waals surface area (Å²) < 4.78 is 34.0. The van der Waals surface area contributed by atoms with Gasteiger partial charge in [-0.1, -0.05) is 48.4 Å². The fraction of sp³-hybridized carbons (Fsp3) is 0.333. The molecule has 0 saturated heterocycles. The highest BCUT2D eigenvalue weighted by Gasteiger charge is 2.32. The number of rotatable bonds is 12. The van der Waals surface area contributed by atoms with Crippen LogP contribution in [0.15, 0.2) is 77.7 Å². The van der Waals surface area contributed by atoms with Crippen LogP contribution in [0.3, 0.4) is 0 Å². The number of anilines is 1. The summed E-state index contributed by atoms with van der Waals surface area (Å²) in [6.45, 7) is 6.91. The largest absolute Gasteiger partial charge is 0.497 e. The number of hydrogen-bond acceptors (Lipinski definition) is 5. The van der Waals surface area contributed by atoms with E-state index >= 15 is 0 Å². The molecule has 0 aliphatic carbocycles. The van der Waals surface area contributed by atoms with Crippen molar-refractivity contribution < 1.29 is 22.7 Å². The standard InChI is InChI=1S/C30H36ClN3O5S/c1-6-22(3)32-30(36)23(4)33(19-24-8-7-9-25(31)18-24)29(35)20-34(26-12-10-21(2)11-13-26)40(37,38)28-16-14-27(39-5)15-17-28/h7-18,22-23H,6,19-20H2,1-5H3,(H,32,36)/t22-,23-/m1/s1. The van der Waals surface area contributed by atoms with Gasteiger partial charge in [-0.05, 0) is 81.3 Å². The number of hydrogen-bond donors (Lipinski definition) is 1. The first-order valence-electron chi connectivity index (χ1n) is 13.0. The lowest BCUT2D eigenvalue weighted by molar-refractivity contribution is -0.139. The van der Waals surface area contributed by atoms with E-state index in [1.54, 1.807) is 67.6 Å². The van der Waals surface area contributed by atoms with Crippen LogP contribution >= 0.6 is 11.6 Å². The highest BCUT2D eigenvalue weighted by atomic mass is 35.5. The van der Waals surface area contributed by atoms with Crippen LogP contribution in [0.1, 0.15) is 38.3 Å². The number of carbonyl (C=O) groups is 2. The molecule has 0 fully saturated rings. The molecule has 10 heteroatoms. The molecule has 2 amide bonds. The van der Waals surface area contributed by atoms with Gasteiger partial charge in [0, 0.05) is 17.6 Å². The third-order valence-electron chi connectivity index (χ3n) is 6.66. The van der Waals surface area contributed by atoms with Crippen LogP contribution < -0.4 is 14.4 Å². The van der Waals surface area contributed by atoms with Gasteiger partial charge < -0.3 is 15.0 Å². The van der Waals surface area contributed by atoms with E-state index in [2.05, 4.69) is 5.32 Å². The number of nitrogens with one attached hydrogen (secondary N) is 1. The number of ether oxygens (including phenoxy) is 1. The number of halogens is 1. The van der Waals surface area contributed by atoms with E-state index in [4.69, 9.17) is 16.3 Å². The lowest BCUT2D eigenvalue weighted by atomic mass is 10.1. The van der Waals surface area contributed by atoms with Crippen LogP contribution in [0.5, 0.6) is 5.75 Å². The Morgan fingerprint density at radius 1 is 1.00 bits per heavy atom. The number of amides is 2. The lowest BCUT2D eigenvalue weighted by Gasteiger charge is -2.32. The van der Waals surface area contributed by atoms with E-state index < -0.39 is 28.5 Å². The van der Waals surface area contributed by atoms with Crippen molar-refractivity contribution in [1.82, 2.24) is 10.2 Å². The van der Waals surface area contributed by atoms with Crippen LogP contribution in [0, 0.1) is 6.92 Å². The number of benzene rings is 3. The summed E-state index contributed by atoms with van der Waals surface area (Å²) in [5.41, 5.74) is 1.98. The van der Waals surface area contributed by atoms with Crippen LogP contribution in [0.25, 0.3) is 0 Å². The molecule has 8 nitrogen and oxygen atoms in total. The Labute approximate surface area is 241 Å². The predicted molar refractivity (Wildman–Crippen MR) is 158 cm³/mol. The minimum atomic E-state index is -4.16. The van der Waals surface area contributed by atoms with Crippen LogP contribution in [-0.2, 0) is 26.2 Å². The van der Waals surface area contributed by atoms with Gasteiger partial charge in [0.2, 0.25) is 11.8 Å². The molecule has 1 N–H and O–H groups in total. The van der Waals surface area contributed by atoms with E-state index in [-0.39, 0.29) is 23.4 Å². The summed E-state index contributed by atoms with van der Waals surface area (Å²) in [6, 6.07) is 18.9. The zero-order valence-electron chi connectivity index (χ0n) is 23.4. The lowest BCUT2D eigenvalue weighted by Crippen LogP contribution is -2.52. The molecule has 0 spiro atoms. The monoisotopic (exact) mass is 585 g/mol. The summed E-state index contributed by atoms with van der Waals surface area (Å²) in [7, 11) is -2.67. The maximum atomic E-state index is 13.9. The fourth-order valence-electron chi connectivity index (χ4n) is 3.99. The second kappa shape index (κ2) is 13.7. The molecule has 40 heavy (non-hydrogen) atoms. The first-order valence-corrected chi connectivity index (χ1v) is 14.9. The maximum absolute atomic E-state index is 13.9. The molecule has 0 radical (unpaired) electrons. The Kier molecular flexibility index (Phi) is 10.6. The quantitative estimate of drug-likeness (QED) is 0.316. The molecule has 214 valence electrons. The van der Waals surface area contributed by atoms with Gasteiger partial charge >= 0.3 is 0 Å². The first kappa shape index (κ1) is 31.0. The van der Waals surface area contributed by atoms with Gasteiger partial charge in [-0.2, -0.15) is 0 Å². The van der Waals surface area contributed by atoms with Gasteiger partial charge in [0.1, 0.15) is 18.3 Å². The molecular formula is C30H36ClN3O5S. The zero-order valence-corrected chi connectivity index (χ0v) is 25.0. The van der Waals surface area contributed by atoms with Gasteiger partial charge in [-0.3, -0.25) is 13.9 Å². The molecule has 3 rings (SSSR count). The number of carbonyl (C=O) groups excluding carboxylic acids is 2. The molecule has 0 aromatic heterocycles. The minimum absolute atomic E-state index is 0.00521. The van der Waals surface area contributed by atoms with E-state index in [9.17, 15) is 18.0 Å². The SMILES string of the molecule is CC[C@@H](C)NC(=O)[C@@H](C)N(Cc1cccc(Cl)c1)C(=O)CN(c1ccc(C)cc1)S(=O)(=O)c1ccc(OC)cc1. The minimum Gasteiger partial charge on any atom is -0.497 e. The highest BCUT2D eigenvalue weighted by molar-refractivity contribution is 7.92. The van der Waals surface area contributed by atoms with Gasteiger partial charge in [-0.15, -0.1) is 0 Å². The van der Waals surface area contributed by atoms with Crippen molar-refractivity contribution in [2.24, 2.45) is 0 Å². The summed E-state index contributed by atoms with van der Waals surface area (Å²) in [5.74, 6) is -0.361. The van der Waals surface area contributed by atoms with Crippen molar-refractivity contribution in [2.45, 2.75) is 57.6 Å². The number of aryl methyl sites for hydroxylation is 1. The van der Waals surface area contributed by atoms with Gasteiger partial charge in [-0.25, -0.2) is 8.42 Å². The molecule has 0 heterocycles. The highest BCUT2D eigenvalue weighted by Crippen LogP contribution is 2.26. The molecule has 2 atom stereocenters. The van der Waals surface area contributed by atoms with Crippen molar-refractivity contribution >= 4 is 39.1 Å². The number of sulfonamides is 1. The third-order valence-corrected chi connectivity index (χ3v) is 8.68. The predicted octanol–water partition coefficient (Wildman–Crippen LogP) is 5.18. The number of nitrogens with zero attached hydrogens (tertiary/aromatic N) is 2. The van der Waals surface area contributed by atoms with Gasteiger partial charge in [0.15, 0.2) is 0 Å². The molecule has 0 unspecified atom stereocenters. The first-order chi connectivity index (χ1) is 19.0. The summed E-state index contributed by atoms with van der Waals surface area (Å²) in [5, 5.41) is 3.41. The molecular weight excluding hydrogens is 550 g/mol. The Hall–Kier alpha value is -3.56. The van der Waals surface area contributed by atoms with E-state index in [1.807, 2.05) is 20.8 Å². The Morgan fingerprint density at radius 3 is 2.23 bits per heavy atom. The third kappa shape index (κ3) is 7.76. The normalized spacial score (nSPS) is 12.8. The summed E-state index contributed by atoms with van der Waals surface area (Å²) in [6.07, 6.45) is 0.724. The van der Waals surface area contributed by atoms with E-state index in [0.29, 0.717) is 22.0 Å². The van der Waals surface area contributed by atoms with Crippen LogP contribution in [0.2, 0.25) is 5.02 Å². The Morgan fingerprint density at radius 2 is 1.65 bits per heavy atom. The second-order valence-electron chi connectivity index (χ2n) is 9.67. The second-order valence-corrected chi connectivity index (χ2v) is 12.0. The average molecular weight is 586 g/mol. The summed E-state index contributed by atoms with van der Waals surface area (Å²) >= 11 is 6.18. The smallest absolute Gasteiger partial charge is 0.264 e. The van der Waals surface area contributed by atoms with Crippen molar-refractivity contribution in [3.63, 3.8) is 0 Å². The van der Waals surface area contributed by atoms with Crippen molar-refractivity contribution in [3.05, 3.63) is 88.9 Å². The van der Waals surface area contributed by atoms with Gasteiger partial charge in [0.05, 0.1) is 17.7 Å². The average Bonchev–Trinajstić information content (AvgIpc) is 2.94. The van der Waals surface area contributed by atoms with E-state index in [0.717, 1.165) is 16.3 Å². The van der Waals surface area contributed by atoms with Crippen LogP contribution in [0.4, 0.5) is 5.69 Å².